The molecule has 414 valence electrons. The minimum absolute atomic E-state index is 0.490. The lowest BCUT2D eigenvalue weighted by Gasteiger charge is -2.40. The van der Waals surface area contributed by atoms with E-state index in [-0.39, 0.29) is 0 Å². The van der Waals surface area contributed by atoms with E-state index >= 15 is 0 Å². The number of nitrogens with zero attached hydrogens (tertiary/aromatic N) is 12. The van der Waals surface area contributed by atoms with Gasteiger partial charge in [-0.15, -0.1) is 0 Å². The average Bonchev–Trinajstić information content (AvgIpc) is 0.981. The number of aromatic nitrogens is 8. The molecule has 0 fully saturated rings. The Hall–Kier alpha value is -12.3. The molecule has 12 heteroatoms. The highest BCUT2D eigenvalue weighted by atomic mass is 15.3. The highest BCUT2D eigenvalue weighted by molar-refractivity contribution is 6.04. The first kappa shape index (κ1) is 51.4. The maximum absolute atomic E-state index is 5.41. The van der Waals surface area contributed by atoms with Crippen LogP contribution in [0.15, 0.2) is 304 Å². The fraction of sp³-hybridized carbons (Fsp3) is 0. The predicted octanol–water partition coefficient (Wildman–Crippen LogP) is 19.0. The number of fused-ring (bicyclic) bond motifs is 4. The molecule has 0 spiro atoms. The van der Waals surface area contributed by atoms with Crippen molar-refractivity contribution in [2.75, 3.05) is 19.6 Å². The number of pyridine rings is 4. The quantitative estimate of drug-likeness (QED) is 0.123. The van der Waals surface area contributed by atoms with Crippen LogP contribution in [0.5, 0.6) is 0 Å². The number of hydrogen-bond acceptors (Lipinski definition) is 12. The highest BCUT2D eigenvalue weighted by Crippen LogP contribution is 2.57. The van der Waals surface area contributed by atoms with Gasteiger partial charge in [0.25, 0.3) is 0 Å². The second-order valence-electron chi connectivity index (χ2n) is 21.3. The fourth-order valence-corrected chi connectivity index (χ4v) is 12.0. The summed E-state index contributed by atoms with van der Waals surface area (Å²) in [5.74, 6) is 0.980. The Labute approximate surface area is 508 Å². The van der Waals surface area contributed by atoms with Crippen LogP contribution in [0.4, 0.5) is 68.2 Å². The Morgan fingerprint density at radius 3 is 0.830 bits per heavy atom. The van der Waals surface area contributed by atoms with Gasteiger partial charge in [-0.3, -0.25) is 19.9 Å². The van der Waals surface area contributed by atoms with Crippen LogP contribution in [0.1, 0.15) is 0 Å². The van der Waals surface area contributed by atoms with Gasteiger partial charge in [-0.05, 0) is 181 Å². The molecule has 0 N–H and O–H groups in total. The van der Waals surface area contributed by atoms with Crippen molar-refractivity contribution in [3.8, 4) is 79.2 Å². The van der Waals surface area contributed by atoms with Crippen LogP contribution in [0.25, 0.3) is 79.2 Å². The summed E-state index contributed by atoms with van der Waals surface area (Å²) in [5, 5.41) is 0. The lowest BCUT2D eigenvalue weighted by Crippen LogP contribution is -2.24. The van der Waals surface area contributed by atoms with E-state index in [0.29, 0.717) is 45.8 Å². The normalized spacial score (nSPS) is 12.2. The molecular weight excluding hydrogens is 1080 g/mol. The third kappa shape index (κ3) is 9.39. The molecular formula is C76H50N12. The van der Waals surface area contributed by atoms with Crippen molar-refractivity contribution in [1.82, 2.24) is 39.9 Å². The fourth-order valence-electron chi connectivity index (χ4n) is 12.0. The van der Waals surface area contributed by atoms with Crippen LogP contribution in [-0.4, -0.2) is 39.9 Å². The molecule has 88 heavy (non-hydrogen) atoms. The minimum atomic E-state index is 0.490. The SMILES string of the molecule is c1ccc(N2c3ccccc3N(c3cc(-c4cc(-c5cc(-c6cccnc6)nc(-c6ccccn6)n5)cc(N5c6ccccc6N(c6ccccc6)c6ccccc65)c4)cc(-c4cc(-c5cccnc5)nc(-c5ccccn5)n4)c3)c3ccccc32)cc1. The lowest BCUT2D eigenvalue weighted by atomic mass is 9.94. The summed E-state index contributed by atoms with van der Waals surface area (Å²) < 4.78 is 0. The molecule has 16 rings (SSSR count). The molecule has 0 saturated carbocycles. The van der Waals surface area contributed by atoms with Gasteiger partial charge >= 0.3 is 0 Å². The van der Waals surface area contributed by atoms with Crippen LogP contribution in [0.2, 0.25) is 0 Å². The van der Waals surface area contributed by atoms with E-state index in [1.165, 1.54) is 0 Å². The van der Waals surface area contributed by atoms with E-state index in [1.54, 1.807) is 24.8 Å². The van der Waals surface area contributed by atoms with Crippen LogP contribution in [0, 0.1) is 0 Å². The van der Waals surface area contributed by atoms with Gasteiger partial charge < -0.3 is 19.6 Å². The highest BCUT2D eigenvalue weighted by Gasteiger charge is 2.33. The second-order valence-corrected chi connectivity index (χ2v) is 21.3. The van der Waals surface area contributed by atoms with Crippen molar-refractivity contribution in [1.29, 1.82) is 0 Å². The maximum atomic E-state index is 5.41. The second kappa shape index (κ2) is 22.0. The Morgan fingerprint density at radius 1 is 0.205 bits per heavy atom. The van der Waals surface area contributed by atoms with Gasteiger partial charge in [0.05, 0.1) is 68.3 Å². The smallest absolute Gasteiger partial charge is 0.179 e. The summed E-state index contributed by atoms with van der Waals surface area (Å²) in [6.45, 7) is 0. The molecule has 2 aliphatic heterocycles. The maximum Gasteiger partial charge on any atom is 0.179 e. The van der Waals surface area contributed by atoms with Crippen molar-refractivity contribution in [2.45, 2.75) is 0 Å². The predicted molar refractivity (Wildman–Crippen MR) is 353 cm³/mol. The lowest BCUT2D eigenvalue weighted by molar-refractivity contribution is 1.14. The van der Waals surface area contributed by atoms with Gasteiger partial charge in [-0.2, -0.15) is 0 Å². The third-order valence-electron chi connectivity index (χ3n) is 15.9. The van der Waals surface area contributed by atoms with Crippen molar-refractivity contribution < 1.29 is 0 Å². The molecule has 6 aromatic heterocycles. The molecule has 0 atom stereocenters. The Morgan fingerprint density at radius 2 is 0.511 bits per heavy atom. The molecule has 8 heterocycles. The van der Waals surface area contributed by atoms with Crippen molar-refractivity contribution in [3.63, 3.8) is 0 Å². The number of para-hydroxylation sites is 10. The molecule has 0 unspecified atom stereocenters. The van der Waals surface area contributed by atoms with Gasteiger partial charge in [0.1, 0.15) is 11.4 Å². The number of benzene rings is 8. The van der Waals surface area contributed by atoms with Crippen molar-refractivity contribution in [2.24, 2.45) is 0 Å². The molecule has 0 saturated heterocycles. The van der Waals surface area contributed by atoms with Crippen LogP contribution in [-0.2, 0) is 0 Å². The minimum Gasteiger partial charge on any atom is -0.306 e. The van der Waals surface area contributed by atoms with E-state index < -0.39 is 0 Å². The van der Waals surface area contributed by atoms with Gasteiger partial charge in [0.2, 0.25) is 0 Å². The zero-order valence-electron chi connectivity index (χ0n) is 47.2. The molecule has 2 aliphatic rings. The molecule has 8 aromatic carbocycles. The summed E-state index contributed by atoms with van der Waals surface area (Å²) in [5.41, 5.74) is 21.5. The van der Waals surface area contributed by atoms with E-state index in [4.69, 9.17) is 29.9 Å². The van der Waals surface area contributed by atoms with E-state index in [2.05, 4.69) is 236 Å². The third-order valence-corrected chi connectivity index (χ3v) is 15.9. The molecule has 0 amide bonds. The van der Waals surface area contributed by atoms with E-state index in [9.17, 15) is 0 Å². The summed E-state index contributed by atoms with van der Waals surface area (Å²) in [6.07, 6.45) is 10.8. The van der Waals surface area contributed by atoms with Crippen LogP contribution < -0.4 is 19.6 Å². The van der Waals surface area contributed by atoms with Crippen LogP contribution >= 0.6 is 0 Å². The first-order chi connectivity index (χ1) is 43.6. The Balaban J connectivity index is 0.982. The monoisotopic (exact) mass is 1130 g/mol. The van der Waals surface area contributed by atoms with Gasteiger partial charge in [0.15, 0.2) is 11.6 Å². The Kier molecular flexibility index (Phi) is 12.9. The van der Waals surface area contributed by atoms with Crippen molar-refractivity contribution in [3.05, 3.63) is 304 Å². The first-order valence-electron chi connectivity index (χ1n) is 29.0. The standard InChI is InChI=1S/C76H50N12/c1-3-23-57(24-4-1)85-67-29-7-11-33-71(67)87(72-34-12-8-30-68(72)85)59-43-53(41-55(45-59)65-47-63(51-21-19-37-77-49-51)81-75(83-65)61-27-15-17-39-79-61)54-42-56(66-48-64(52-22-20-38-78-50-52)82-76(84-66)62-28-16-18-40-80-62)46-60(44-54)88-73-35-13-9-31-69(73)86(58-25-5-2-6-26-58)70-32-10-14-36-74(70)88/h1-50H. The van der Waals surface area contributed by atoms with Crippen LogP contribution in [0.3, 0.4) is 0 Å². The zero-order valence-corrected chi connectivity index (χ0v) is 47.2. The number of hydrogen-bond donors (Lipinski definition) is 0. The summed E-state index contributed by atoms with van der Waals surface area (Å²) in [6, 6.07) is 92.9. The van der Waals surface area contributed by atoms with E-state index in [1.807, 2.05) is 73.1 Å². The number of anilines is 12. The summed E-state index contributed by atoms with van der Waals surface area (Å²) in [4.78, 5) is 49.2. The molecule has 0 radical (unpaired) electrons. The van der Waals surface area contributed by atoms with Gasteiger partial charge in [-0.25, -0.2) is 19.9 Å². The van der Waals surface area contributed by atoms with E-state index in [0.717, 1.165) is 102 Å². The van der Waals surface area contributed by atoms with Gasteiger partial charge in [0, 0.05) is 82.2 Å². The summed E-state index contributed by atoms with van der Waals surface area (Å²) >= 11 is 0. The first-order valence-corrected chi connectivity index (χ1v) is 29.0. The zero-order chi connectivity index (χ0) is 58.3. The average molecular weight is 1130 g/mol. The topological polar surface area (TPSA) is 116 Å². The molecule has 0 aliphatic carbocycles. The number of rotatable bonds is 11. The Bertz CT molecular complexity index is 4360. The molecule has 12 nitrogen and oxygen atoms in total. The van der Waals surface area contributed by atoms with Crippen molar-refractivity contribution >= 4 is 68.2 Å². The molecule has 14 aromatic rings. The molecule has 0 bridgehead atoms. The largest absolute Gasteiger partial charge is 0.306 e. The van der Waals surface area contributed by atoms with Gasteiger partial charge in [-0.1, -0.05) is 97.1 Å². The summed E-state index contributed by atoms with van der Waals surface area (Å²) in [7, 11) is 0.